The van der Waals surface area contributed by atoms with Crippen molar-refractivity contribution in [3.63, 3.8) is 0 Å². The second-order valence-corrected chi connectivity index (χ2v) is 4.61. The molecule has 2 nitrogen and oxygen atoms in total. The molecular weight excluding hydrogens is 225 g/mol. The Morgan fingerprint density at radius 3 is 2.94 bits per heavy atom. The molecule has 0 aliphatic heterocycles. The number of nitrogens with zero attached hydrogens (tertiary/aromatic N) is 1. The zero-order valence-corrected chi connectivity index (χ0v) is 10.2. The van der Waals surface area contributed by atoms with E-state index in [0.29, 0.717) is 5.69 Å². The SMILES string of the molecule is CC(=O)SCCC=Cc1ccc(F)c(C)n1. The molecular formula is C12H14FNOS. The molecule has 1 aromatic heterocycles. The van der Waals surface area contributed by atoms with Gasteiger partial charge < -0.3 is 0 Å². The lowest BCUT2D eigenvalue weighted by molar-refractivity contribution is -0.109. The molecule has 0 spiro atoms. The number of hydrogen-bond donors (Lipinski definition) is 0. The number of allylic oxidation sites excluding steroid dienone is 1. The molecule has 1 heterocycles. The number of aryl methyl sites for hydroxylation is 1. The van der Waals surface area contributed by atoms with Crippen LogP contribution < -0.4 is 0 Å². The van der Waals surface area contributed by atoms with Crippen molar-refractivity contribution in [3.8, 4) is 0 Å². The van der Waals surface area contributed by atoms with Gasteiger partial charge in [0.2, 0.25) is 0 Å². The summed E-state index contributed by atoms with van der Waals surface area (Å²) in [5, 5.41) is 0.129. The van der Waals surface area contributed by atoms with E-state index in [1.165, 1.54) is 17.8 Å². The highest BCUT2D eigenvalue weighted by molar-refractivity contribution is 8.13. The maximum Gasteiger partial charge on any atom is 0.185 e. The third-order valence-electron chi connectivity index (χ3n) is 1.92. The Balaban J connectivity index is 2.44. The zero-order chi connectivity index (χ0) is 12.0. The predicted octanol–water partition coefficient (Wildman–Crippen LogP) is 3.21. The maximum absolute atomic E-state index is 12.9. The fraction of sp³-hybridized carbons (Fsp3) is 0.333. The highest BCUT2D eigenvalue weighted by Crippen LogP contribution is 2.08. The van der Waals surface area contributed by atoms with Crippen LogP contribution in [0, 0.1) is 12.7 Å². The van der Waals surface area contributed by atoms with Gasteiger partial charge in [-0.2, -0.15) is 0 Å². The van der Waals surface area contributed by atoms with Crippen molar-refractivity contribution >= 4 is 23.0 Å². The summed E-state index contributed by atoms with van der Waals surface area (Å²) >= 11 is 1.30. The summed E-state index contributed by atoms with van der Waals surface area (Å²) in [4.78, 5) is 14.7. The lowest BCUT2D eigenvalue weighted by Crippen LogP contribution is -1.89. The van der Waals surface area contributed by atoms with Crippen LogP contribution >= 0.6 is 11.8 Å². The molecule has 0 aliphatic rings. The Hall–Kier alpha value is -1.16. The number of thioether (sulfide) groups is 1. The molecule has 0 fully saturated rings. The van der Waals surface area contributed by atoms with Gasteiger partial charge in [-0.1, -0.05) is 17.8 Å². The van der Waals surface area contributed by atoms with Gasteiger partial charge in [0.05, 0.1) is 11.4 Å². The van der Waals surface area contributed by atoms with Crippen LogP contribution in [0.15, 0.2) is 18.2 Å². The van der Waals surface area contributed by atoms with E-state index in [9.17, 15) is 9.18 Å². The van der Waals surface area contributed by atoms with Crippen LogP contribution in [0.5, 0.6) is 0 Å². The van der Waals surface area contributed by atoms with Gasteiger partial charge in [-0.25, -0.2) is 4.39 Å². The van der Waals surface area contributed by atoms with Crippen molar-refractivity contribution in [1.82, 2.24) is 4.98 Å². The molecule has 0 unspecified atom stereocenters. The monoisotopic (exact) mass is 239 g/mol. The number of pyridine rings is 1. The van der Waals surface area contributed by atoms with Crippen molar-refractivity contribution in [2.75, 3.05) is 5.75 Å². The van der Waals surface area contributed by atoms with Gasteiger partial charge in [-0.15, -0.1) is 0 Å². The smallest absolute Gasteiger partial charge is 0.185 e. The van der Waals surface area contributed by atoms with E-state index in [-0.39, 0.29) is 10.9 Å². The number of halogens is 1. The van der Waals surface area contributed by atoms with Gasteiger partial charge >= 0.3 is 0 Å². The van der Waals surface area contributed by atoms with Crippen LogP contribution in [0.4, 0.5) is 4.39 Å². The Kier molecular flexibility index (Phi) is 5.19. The molecule has 16 heavy (non-hydrogen) atoms. The van der Waals surface area contributed by atoms with Crippen molar-refractivity contribution in [2.45, 2.75) is 20.3 Å². The molecule has 0 aromatic carbocycles. The molecule has 0 aliphatic carbocycles. The minimum absolute atomic E-state index is 0.129. The third kappa shape index (κ3) is 4.57. The van der Waals surface area contributed by atoms with Gasteiger partial charge in [0.1, 0.15) is 5.82 Å². The number of rotatable bonds is 4. The summed E-state index contributed by atoms with van der Waals surface area (Å²) in [6, 6.07) is 3.04. The number of aromatic nitrogens is 1. The Morgan fingerprint density at radius 1 is 1.56 bits per heavy atom. The largest absolute Gasteiger partial charge is 0.288 e. The summed E-state index contributed by atoms with van der Waals surface area (Å²) in [5.74, 6) is 0.482. The first-order valence-corrected chi connectivity index (χ1v) is 6.01. The molecule has 0 bridgehead atoms. The molecule has 0 saturated carbocycles. The van der Waals surface area contributed by atoms with Gasteiger partial charge in [-0.3, -0.25) is 9.78 Å². The van der Waals surface area contributed by atoms with Gasteiger partial charge in [0.25, 0.3) is 0 Å². The van der Waals surface area contributed by atoms with Crippen LogP contribution in [-0.2, 0) is 4.79 Å². The molecule has 0 amide bonds. The summed E-state index contributed by atoms with van der Waals surface area (Å²) in [6.45, 7) is 3.19. The molecule has 0 saturated heterocycles. The van der Waals surface area contributed by atoms with E-state index in [1.54, 1.807) is 19.9 Å². The van der Waals surface area contributed by atoms with Crippen LogP contribution in [-0.4, -0.2) is 15.9 Å². The first kappa shape index (κ1) is 12.9. The highest BCUT2D eigenvalue weighted by Gasteiger charge is 1.97. The molecule has 0 atom stereocenters. The molecule has 1 aromatic rings. The predicted molar refractivity (Wildman–Crippen MR) is 65.7 cm³/mol. The van der Waals surface area contributed by atoms with Crippen molar-refractivity contribution in [1.29, 1.82) is 0 Å². The summed E-state index contributed by atoms with van der Waals surface area (Å²) in [5.41, 5.74) is 1.15. The third-order valence-corrected chi connectivity index (χ3v) is 2.77. The Bertz CT molecular complexity index is 404. The Labute approximate surface area is 99.0 Å². The fourth-order valence-corrected chi connectivity index (χ4v) is 1.67. The van der Waals surface area contributed by atoms with Crippen molar-refractivity contribution < 1.29 is 9.18 Å². The normalized spacial score (nSPS) is 10.9. The highest BCUT2D eigenvalue weighted by atomic mass is 32.2. The minimum Gasteiger partial charge on any atom is -0.288 e. The first-order chi connectivity index (χ1) is 7.59. The summed E-state index contributed by atoms with van der Waals surface area (Å²) < 4.78 is 12.9. The van der Waals surface area contributed by atoms with Gasteiger partial charge in [0, 0.05) is 12.7 Å². The molecule has 86 valence electrons. The molecule has 0 radical (unpaired) electrons. The van der Waals surface area contributed by atoms with Crippen LogP contribution in [0.1, 0.15) is 24.7 Å². The summed E-state index contributed by atoms with van der Waals surface area (Å²) in [7, 11) is 0. The number of hydrogen-bond acceptors (Lipinski definition) is 3. The standard InChI is InChI=1S/C12H14FNOS/c1-9-12(13)7-6-11(14-9)5-3-4-8-16-10(2)15/h3,5-7H,4,8H2,1-2H3. The molecule has 0 N–H and O–H groups in total. The van der Waals surface area contributed by atoms with Crippen LogP contribution in [0.25, 0.3) is 6.08 Å². The second-order valence-electron chi connectivity index (χ2n) is 3.33. The van der Waals surface area contributed by atoms with Crippen molar-refractivity contribution in [2.24, 2.45) is 0 Å². The average molecular weight is 239 g/mol. The van der Waals surface area contributed by atoms with Crippen LogP contribution in [0.3, 0.4) is 0 Å². The van der Waals surface area contributed by atoms with Gasteiger partial charge in [-0.05, 0) is 31.6 Å². The van der Waals surface area contributed by atoms with E-state index in [4.69, 9.17) is 0 Å². The van der Waals surface area contributed by atoms with E-state index in [0.717, 1.165) is 17.9 Å². The second kappa shape index (κ2) is 6.43. The number of carbonyl (C=O) groups excluding carboxylic acids is 1. The minimum atomic E-state index is -0.288. The van der Waals surface area contributed by atoms with E-state index in [2.05, 4.69) is 4.98 Å². The first-order valence-electron chi connectivity index (χ1n) is 5.02. The topological polar surface area (TPSA) is 30.0 Å². The maximum atomic E-state index is 12.9. The van der Waals surface area contributed by atoms with Crippen molar-refractivity contribution in [3.05, 3.63) is 35.4 Å². The Morgan fingerprint density at radius 2 is 2.31 bits per heavy atom. The van der Waals surface area contributed by atoms with Gasteiger partial charge in [0.15, 0.2) is 5.12 Å². The van der Waals surface area contributed by atoms with E-state index >= 15 is 0 Å². The van der Waals surface area contributed by atoms with E-state index < -0.39 is 0 Å². The van der Waals surface area contributed by atoms with Crippen LogP contribution in [0.2, 0.25) is 0 Å². The lowest BCUT2D eigenvalue weighted by Gasteiger charge is -1.97. The molecule has 1 rings (SSSR count). The fourth-order valence-electron chi connectivity index (χ4n) is 1.13. The summed E-state index contributed by atoms with van der Waals surface area (Å²) in [6.07, 6.45) is 4.59. The number of carbonyl (C=O) groups is 1. The average Bonchev–Trinajstić information content (AvgIpc) is 2.22. The van der Waals surface area contributed by atoms with E-state index in [1.807, 2.05) is 12.2 Å². The zero-order valence-electron chi connectivity index (χ0n) is 9.37. The quantitative estimate of drug-likeness (QED) is 0.756. The lowest BCUT2D eigenvalue weighted by atomic mass is 10.2. The molecule has 4 heteroatoms.